The number of thiophene rings is 1. The van der Waals surface area contributed by atoms with Crippen molar-refractivity contribution in [1.29, 1.82) is 0 Å². The summed E-state index contributed by atoms with van der Waals surface area (Å²) < 4.78 is 0. The molecule has 1 atom stereocenters. The van der Waals surface area contributed by atoms with Gasteiger partial charge in [0.2, 0.25) is 0 Å². The molecule has 1 aromatic carbocycles. The van der Waals surface area contributed by atoms with E-state index in [2.05, 4.69) is 60.3 Å². The maximum Gasteiger partial charge on any atom is 0.0584 e. The second-order valence-electron chi connectivity index (χ2n) is 5.29. The van der Waals surface area contributed by atoms with E-state index in [0.717, 1.165) is 13.0 Å². The molecule has 0 aliphatic rings. The lowest BCUT2D eigenvalue weighted by atomic mass is 9.98. The lowest BCUT2D eigenvalue weighted by molar-refractivity contribution is 0.600. The van der Waals surface area contributed by atoms with Crippen molar-refractivity contribution in [3.63, 3.8) is 0 Å². The summed E-state index contributed by atoms with van der Waals surface area (Å²) in [5, 5.41) is 8.06. The minimum atomic E-state index is 0.335. The number of unbranched alkanes of at least 4 members (excludes halogenated alkanes) is 1. The van der Waals surface area contributed by atoms with E-state index in [1.807, 2.05) is 0 Å². The van der Waals surface area contributed by atoms with E-state index in [9.17, 15) is 0 Å². The van der Waals surface area contributed by atoms with Gasteiger partial charge in [-0.2, -0.15) is 11.3 Å². The maximum atomic E-state index is 3.66. The van der Waals surface area contributed by atoms with Crippen LogP contribution in [-0.4, -0.2) is 6.54 Å². The molecule has 1 aromatic heterocycles. The van der Waals surface area contributed by atoms with E-state index in [0.29, 0.717) is 6.04 Å². The molecule has 0 aliphatic heterocycles. The quantitative estimate of drug-likeness (QED) is 0.705. The average Bonchev–Trinajstić information content (AvgIpc) is 3.01. The van der Waals surface area contributed by atoms with Gasteiger partial charge in [0.05, 0.1) is 6.04 Å². The molecule has 1 unspecified atom stereocenters. The third-order valence-corrected chi connectivity index (χ3v) is 4.31. The average molecular weight is 287 g/mol. The number of hydrogen-bond donors (Lipinski definition) is 1. The molecular weight excluding hydrogens is 262 g/mol. The normalized spacial score (nSPS) is 12.5. The van der Waals surface area contributed by atoms with Crippen molar-refractivity contribution in [2.45, 2.75) is 45.6 Å². The fourth-order valence-corrected chi connectivity index (χ4v) is 3.10. The first kappa shape index (κ1) is 15.3. The molecular formula is C18H25NS. The predicted molar refractivity (Wildman–Crippen MR) is 89.5 cm³/mol. The molecule has 1 N–H and O–H groups in total. The van der Waals surface area contributed by atoms with Crippen molar-refractivity contribution in [1.82, 2.24) is 5.32 Å². The SMILES string of the molecule is CCCCc1ccc(C(NCCC)c2ccsc2)cc1. The van der Waals surface area contributed by atoms with E-state index >= 15 is 0 Å². The molecule has 20 heavy (non-hydrogen) atoms. The zero-order valence-electron chi connectivity index (χ0n) is 12.6. The van der Waals surface area contributed by atoms with Gasteiger partial charge >= 0.3 is 0 Å². The second-order valence-corrected chi connectivity index (χ2v) is 6.07. The Balaban J connectivity index is 2.12. The highest BCUT2D eigenvalue weighted by molar-refractivity contribution is 7.08. The Morgan fingerprint density at radius 2 is 1.80 bits per heavy atom. The van der Waals surface area contributed by atoms with Crippen LogP contribution in [0, 0.1) is 0 Å². The van der Waals surface area contributed by atoms with Gasteiger partial charge in [-0.15, -0.1) is 0 Å². The molecule has 2 aromatic rings. The zero-order chi connectivity index (χ0) is 14.2. The first-order valence-electron chi connectivity index (χ1n) is 7.69. The highest BCUT2D eigenvalue weighted by Crippen LogP contribution is 2.24. The molecule has 0 aliphatic carbocycles. The van der Waals surface area contributed by atoms with Crippen LogP contribution in [0.15, 0.2) is 41.1 Å². The summed E-state index contributed by atoms with van der Waals surface area (Å²) in [5.41, 5.74) is 4.21. The van der Waals surface area contributed by atoms with Crippen LogP contribution in [0.3, 0.4) is 0 Å². The van der Waals surface area contributed by atoms with E-state index in [-0.39, 0.29) is 0 Å². The Morgan fingerprint density at radius 3 is 2.40 bits per heavy atom. The van der Waals surface area contributed by atoms with Gasteiger partial charge in [-0.05, 0) is 59.3 Å². The highest BCUT2D eigenvalue weighted by atomic mass is 32.1. The molecule has 1 heterocycles. The van der Waals surface area contributed by atoms with Gasteiger partial charge in [0.25, 0.3) is 0 Å². The van der Waals surface area contributed by atoms with Crippen molar-refractivity contribution in [3.8, 4) is 0 Å². The van der Waals surface area contributed by atoms with Crippen molar-refractivity contribution < 1.29 is 0 Å². The Kier molecular flexibility index (Phi) is 6.28. The smallest absolute Gasteiger partial charge is 0.0584 e. The molecule has 108 valence electrons. The first-order valence-corrected chi connectivity index (χ1v) is 8.63. The summed E-state index contributed by atoms with van der Waals surface area (Å²) in [4.78, 5) is 0. The number of hydrogen-bond acceptors (Lipinski definition) is 2. The molecule has 2 heteroatoms. The van der Waals surface area contributed by atoms with Crippen LogP contribution >= 0.6 is 11.3 Å². The Bertz CT molecular complexity index is 473. The van der Waals surface area contributed by atoms with E-state index < -0.39 is 0 Å². The third kappa shape index (κ3) is 4.19. The maximum absolute atomic E-state index is 3.66. The van der Waals surface area contributed by atoms with E-state index in [1.54, 1.807) is 11.3 Å². The van der Waals surface area contributed by atoms with Crippen LogP contribution in [0.25, 0.3) is 0 Å². The minimum Gasteiger partial charge on any atom is -0.306 e. The monoisotopic (exact) mass is 287 g/mol. The lowest BCUT2D eigenvalue weighted by Gasteiger charge is -2.18. The van der Waals surface area contributed by atoms with Gasteiger partial charge in [-0.1, -0.05) is 44.5 Å². The molecule has 0 saturated carbocycles. The van der Waals surface area contributed by atoms with Gasteiger partial charge in [0.1, 0.15) is 0 Å². The molecule has 0 radical (unpaired) electrons. The second kappa shape index (κ2) is 8.23. The highest BCUT2D eigenvalue weighted by Gasteiger charge is 2.13. The molecule has 0 amide bonds. The van der Waals surface area contributed by atoms with Gasteiger partial charge < -0.3 is 5.32 Å². The molecule has 0 fully saturated rings. The van der Waals surface area contributed by atoms with Crippen molar-refractivity contribution in [2.24, 2.45) is 0 Å². The van der Waals surface area contributed by atoms with Gasteiger partial charge in [0.15, 0.2) is 0 Å². The van der Waals surface area contributed by atoms with Crippen molar-refractivity contribution >= 4 is 11.3 Å². The predicted octanol–water partition coefficient (Wildman–Crippen LogP) is 5.18. The summed E-state index contributed by atoms with van der Waals surface area (Å²) >= 11 is 1.77. The summed E-state index contributed by atoms with van der Waals surface area (Å²) in [6.07, 6.45) is 4.90. The minimum absolute atomic E-state index is 0.335. The Labute approximate surface area is 127 Å². The Morgan fingerprint density at radius 1 is 1.00 bits per heavy atom. The van der Waals surface area contributed by atoms with Crippen molar-refractivity contribution in [3.05, 3.63) is 57.8 Å². The number of nitrogens with one attached hydrogen (secondary N) is 1. The zero-order valence-corrected chi connectivity index (χ0v) is 13.4. The summed E-state index contributed by atoms with van der Waals surface area (Å²) in [7, 11) is 0. The van der Waals surface area contributed by atoms with Gasteiger partial charge in [0, 0.05) is 0 Å². The molecule has 0 saturated heterocycles. The van der Waals surface area contributed by atoms with Gasteiger partial charge in [-0.3, -0.25) is 0 Å². The summed E-state index contributed by atoms with van der Waals surface area (Å²) in [6, 6.07) is 11.7. The Hall–Kier alpha value is -1.12. The van der Waals surface area contributed by atoms with Crippen LogP contribution < -0.4 is 5.32 Å². The van der Waals surface area contributed by atoms with Crippen LogP contribution in [0.1, 0.15) is 55.8 Å². The van der Waals surface area contributed by atoms with Crippen LogP contribution in [0.4, 0.5) is 0 Å². The van der Waals surface area contributed by atoms with Crippen molar-refractivity contribution in [2.75, 3.05) is 6.54 Å². The molecule has 2 rings (SSSR count). The summed E-state index contributed by atoms with van der Waals surface area (Å²) in [6.45, 7) is 5.51. The number of aryl methyl sites for hydroxylation is 1. The molecule has 0 spiro atoms. The fraction of sp³-hybridized carbons (Fsp3) is 0.444. The van der Waals surface area contributed by atoms with E-state index in [1.165, 1.54) is 36.0 Å². The standard InChI is InChI=1S/C18H25NS/c1-3-5-6-15-7-9-16(10-8-15)18(19-12-4-2)17-11-13-20-14-17/h7-11,13-14,18-19H,3-6,12H2,1-2H3. The van der Waals surface area contributed by atoms with Crippen LogP contribution in [0.2, 0.25) is 0 Å². The molecule has 1 nitrogen and oxygen atoms in total. The number of rotatable bonds is 8. The third-order valence-electron chi connectivity index (χ3n) is 3.61. The summed E-state index contributed by atoms with van der Waals surface area (Å²) in [5.74, 6) is 0. The lowest BCUT2D eigenvalue weighted by Crippen LogP contribution is -2.22. The van der Waals surface area contributed by atoms with Crippen LogP contribution in [0.5, 0.6) is 0 Å². The van der Waals surface area contributed by atoms with Crippen LogP contribution in [-0.2, 0) is 6.42 Å². The number of benzene rings is 1. The van der Waals surface area contributed by atoms with Gasteiger partial charge in [-0.25, -0.2) is 0 Å². The molecule has 0 bridgehead atoms. The largest absolute Gasteiger partial charge is 0.306 e. The van der Waals surface area contributed by atoms with E-state index in [4.69, 9.17) is 0 Å². The topological polar surface area (TPSA) is 12.0 Å². The fourth-order valence-electron chi connectivity index (χ4n) is 2.41. The first-order chi connectivity index (χ1) is 9.85.